The van der Waals surface area contributed by atoms with Crippen molar-refractivity contribution in [1.29, 1.82) is 0 Å². The third-order valence-corrected chi connectivity index (χ3v) is 7.11. The van der Waals surface area contributed by atoms with Crippen molar-refractivity contribution in [2.24, 2.45) is 11.3 Å². The highest BCUT2D eigenvalue weighted by molar-refractivity contribution is 5.98. The molecule has 1 spiro atoms. The third kappa shape index (κ3) is 2.41. The molecule has 0 saturated carbocycles. The average molecular weight is 402 g/mol. The van der Waals surface area contributed by atoms with Crippen LogP contribution < -0.4 is 10.4 Å². The van der Waals surface area contributed by atoms with Crippen molar-refractivity contribution >= 4 is 5.78 Å². The SMILES string of the molecule is CCC[C@H]1c2c(OC)cc(=O)oc2C[C@H]2[C@H](C)O[C@H](OC)C3=C[C@H]4O[C@H]4C(=O)[C@]312. The standard InChI is InChI=1S/C22H26O7/c1-5-6-11-18-14(25-3)9-17(23)28-15(18)7-12-10(2)27-21(26-4)13-8-16-19(29-16)20(24)22(11,12)13/h8-12,16,19,21H,5-7H2,1-4H3/t10-,11-,12-,16+,19+,21-,22+/m0/s1. The summed E-state index contributed by atoms with van der Waals surface area (Å²) in [5.41, 5.74) is 0.422. The molecule has 29 heavy (non-hydrogen) atoms. The average Bonchev–Trinajstić information content (AvgIpc) is 3.48. The van der Waals surface area contributed by atoms with Gasteiger partial charge in [-0.1, -0.05) is 13.3 Å². The van der Waals surface area contributed by atoms with E-state index in [1.165, 1.54) is 6.07 Å². The zero-order chi connectivity index (χ0) is 20.5. The van der Waals surface area contributed by atoms with Gasteiger partial charge in [0.1, 0.15) is 23.7 Å². The molecule has 4 aliphatic rings. The number of hydrogen-bond donors (Lipinski definition) is 0. The zero-order valence-corrected chi connectivity index (χ0v) is 17.1. The Morgan fingerprint density at radius 3 is 2.72 bits per heavy atom. The number of carbonyl (C=O) groups excluding carboxylic acids is 1. The van der Waals surface area contributed by atoms with Crippen LogP contribution in [-0.4, -0.2) is 44.6 Å². The molecule has 0 unspecified atom stereocenters. The number of rotatable bonds is 4. The first kappa shape index (κ1) is 19.0. The van der Waals surface area contributed by atoms with Crippen molar-refractivity contribution in [3.8, 4) is 5.75 Å². The smallest absolute Gasteiger partial charge is 0.339 e. The fourth-order valence-electron chi connectivity index (χ4n) is 6.00. The monoisotopic (exact) mass is 402 g/mol. The van der Waals surface area contributed by atoms with Gasteiger partial charge in [-0.2, -0.15) is 0 Å². The van der Waals surface area contributed by atoms with Crippen molar-refractivity contribution in [3.05, 3.63) is 39.5 Å². The van der Waals surface area contributed by atoms with E-state index in [0.29, 0.717) is 17.9 Å². The molecular weight excluding hydrogens is 376 g/mol. The van der Waals surface area contributed by atoms with Crippen molar-refractivity contribution in [2.45, 2.75) is 63.6 Å². The van der Waals surface area contributed by atoms with Crippen molar-refractivity contribution in [2.75, 3.05) is 14.2 Å². The second-order valence-corrected chi connectivity index (χ2v) is 8.41. The minimum Gasteiger partial charge on any atom is -0.496 e. The van der Waals surface area contributed by atoms with Gasteiger partial charge in [0.15, 0.2) is 12.1 Å². The fourth-order valence-corrected chi connectivity index (χ4v) is 6.00. The highest BCUT2D eigenvalue weighted by atomic mass is 16.7. The first-order valence-electron chi connectivity index (χ1n) is 10.3. The molecule has 2 aliphatic carbocycles. The van der Waals surface area contributed by atoms with Crippen LogP contribution in [0.5, 0.6) is 5.75 Å². The Labute approximate surface area is 169 Å². The molecule has 0 radical (unpaired) electrons. The maximum atomic E-state index is 13.9. The maximum absolute atomic E-state index is 13.9. The van der Waals surface area contributed by atoms with Gasteiger partial charge in [0.05, 0.1) is 24.7 Å². The molecule has 0 bridgehead atoms. The number of carbonyl (C=O) groups is 1. The quantitative estimate of drug-likeness (QED) is 0.564. The number of ketones is 1. The molecule has 2 saturated heterocycles. The van der Waals surface area contributed by atoms with E-state index < -0.39 is 23.4 Å². The first-order chi connectivity index (χ1) is 14.0. The van der Waals surface area contributed by atoms with E-state index in [9.17, 15) is 9.59 Å². The van der Waals surface area contributed by atoms with Crippen LogP contribution in [0.25, 0.3) is 0 Å². The van der Waals surface area contributed by atoms with Crippen molar-refractivity contribution in [3.63, 3.8) is 0 Å². The molecule has 7 heteroatoms. The Bertz CT molecular complexity index is 947. The van der Waals surface area contributed by atoms with Crippen LogP contribution >= 0.6 is 0 Å². The molecule has 2 fully saturated rings. The van der Waals surface area contributed by atoms with Crippen LogP contribution in [0.1, 0.15) is 43.9 Å². The van der Waals surface area contributed by atoms with E-state index in [4.69, 9.17) is 23.4 Å². The lowest BCUT2D eigenvalue weighted by Gasteiger charge is -2.56. The second kappa shape index (κ2) is 6.52. The lowest BCUT2D eigenvalue weighted by Crippen LogP contribution is -2.61. The number of Topliss-reactive ketones (excluding diaryl/α,β-unsaturated/α-hetero) is 1. The molecule has 1 aromatic heterocycles. The Morgan fingerprint density at radius 2 is 2.03 bits per heavy atom. The van der Waals surface area contributed by atoms with Gasteiger partial charge >= 0.3 is 5.63 Å². The molecule has 1 aromatic rings. The van der Waals surface area contributed by atoms with Gasteiger partial charge in [0.25, 0.3) is 0 Å². The third-order valence-electron chi connectivity index (χ3n) is 7.11. The summed E-state index contributed by atoms with van der Waals surface area (Å²) < 4.78 is 28.8. The molecule has 156 valence electrons. The molecular formula is C22H26O7. The number of fused-ring (bicyclic) bond motifs is 2. The lowest BCUT2D eigenvalue weighted by atomic mass is 9.49. The van der Waals surface area contributed by atoms with Crippen molar-refractivity contribution < 1.29 is 28.2 Å². The van der Waals surface area contributed by atoms with E-state index in [1.807, 2.05) is 13.0 Å². The van der Waals surface area contributed by atoms with E-state index in [2.05, 4.69) is 6.92 Å². The number of ether oxygens (including phenoxy) is 4. The van der Waals surface area contributed by atoms with Gasteiger partial charge in [-0.3, -0.25) is 4.79 Å². The first-order valence-corrected chi connectivity index (χ1v) is 10.3. The van der Waals surface area contributed by atoms with Crippen LogP contribution in [0.3, 0.4) is 0 Å². The van der Waals surface area contributed by atoms with E-state index >= 15 is 0 Å². The van der Waals surface area contributed by atoms with Gasteiger partial charge in [0.2, 0.25) is 0 Å². The van der Waals surface area contributed by atoms with Gasteiger partial charge in [-0.25, -0.2) is 4.79 Å². The lowest BCUT2D eigenvalue weighted by molar-refractivity contribution is -0.203. The molecule has 0 N–H and O–H groups in total. The maximum Gasteiger partial charge on any atom is 0.339 e. The minimum atomic E-state index is -0.813. The highest BCUT2D eigenvalue weighted by Gasteiger charge is 2.70. The Hall–Kier alpha value is -1.96. The van der Waals surface area contributed by atoms with E-state index in [0.717, 1.165) is 24.0 Å². The predicted molar refractivity (Wildman–Crippen MR) is 102 cm³/mol. The van der Waals surface area contributed by atoms with Crippen LogP contribution in [0.2, 0.25) is 0 Å². The predicted octanol–water partition coefficient (Wildman–Crippen LogP) is 2.36. The summed E-state index contributed by atoms with van der Waals surface area (Å²) in [6.45, 7) is 4.06. The fraction of sp³-hybridized carbons (Fsp3) is 0.636. The molecule has 0 amide bonds. The van der Waals surface area contributed by atoms with E-state index in [1.54, 1.807) is 14.2 Å². The summed E-state index contributed by atoms with van der Waals surface area (Å²) in [5.74, 6) is 0.812. The Morgan fingerprint density at radius 1 is 1.24 bits per heavy atom. The molecule has 7 atom stereocenters. The number of methoxy groups -OCH3 is 2. The van der Waals surface area contributed by atoms with Crippen LogP contribution in [0, 0.1) is 11.3 Å². The summed E-state index contributed by atoms with van der Waals surface area (Å²) in [4.78, 5) is 26.0. The molecule has 0 aromatic carbocycles. The van der Waals surface area contributed by atoms with Gasteiger partial charge in [-0.05, 0) is 25.0 Å². The summed E-state index contributed by atoms with van der Waals surface area (Å²) in [7, 11) is 3.15. The summed E-state index contributed by atoms with van der Waals surface area (Å²) >= 11 is 0. The Balaban J connectivity index is 1.81. The number of hydrogen-bond acceptors (Lipinski definition) is 7. The van der Waals surface area contributed by atoms with Crippen LogP contribution in [-0.2, 0) is 25.4 Å². The molecule has 7 nitrogen and oxygen atoms in total. The molecule has 2 aliphatic heterocycles. The summed E-state index contributed by atoms with van der Waals surface area (Å²) in [5, 5.41) is 0. The minimum absolute atomic E-state index is 0.0968. The molecule has 5 rings (SSSR count). The Kier molecular flexibility index (Phi) is 4.28. The van der Waals surface area contributed by atoms with Gasteiger partial charge in [0, 0.05) is 30.9 Å². The summed E-state index contributed by atoms with van der Waals surface area (Å²) in [6, 6.07) is 1.38. The van der Waals surface area contributed by atoms with Crippen LogP contribution in [0.15, 0.2) is 26.9 Å². The van der Waals surface area contributed by atoms with Crippen molar-refractivity contribution in [1.82, 2.24) is 0 Å². The zero-order valence-electron chi connectivity index (χ0n) is 17.1. The normalized spacial score (nSPS) is 39.6. The summed E-state index contributed by atoms with van der Waals surface area (Å²) in [6.07, 6.45) is 2.61. The topological polar surface area (TPSA) is 87.5 Å². The van der Waals surface area contributed by atoms with Crippen LogP contribution in [0.4, 0.5) is 0 Å². The highest BCUT2D eigenvalue weighted by Crippen LogP contribution is 2.65. The van der Waals surface area contributed by atoms with Gasteiger partial charge < -0.3 is 23.4 Å². The molecule has 3 heterocycles. The number of epoxide rings is 1. The largest absolute Gasteiger partial charge is 0.496 e. The second-order valence-electron chi connectivity index (χ2n) is 8.41. The van der Waals surface area contributed by atoms with E-state index in [-0.39, 0.29) is 29.8 Å². The van der Waals surface area contributed by atoms with Gasteiger partial charge in [-0.15, -0.1) is 0 Å².